The third kappa shape index (κ3) is 5.21. The predicted octanol–water partition coefficient (Wildman–Crippen LogP) is 3.13. The summed E-state index contributed by atoms with van der Waals surface area (Å²) in [4.78, 5) is 11.8. The van der Waals surface area contributed by atoms with Crippen LogP contribution in [-0.2, 0) is 20.8 Å². The van der Waals surface area contributed by atoms with Crippen LogP contribution in [0.25, 0.3) is 0 Å². The number of carbonyl (C=O) groups excluding carboxylic acids is 1. The number of amides is 1. The summed E-state index contributed by atoms with van der Waals surface area (Å²) in [6.45, 7) is -0.570. The fourth-order valence-corrected chi connectivity index (χ4v) is 2.83. The van der Waals surface area contributed by atoms with Gasteiger partial charge in [0.15, 0.2) is 16.4 Å². The number of benzene rings is 2. The van der Waals surface area contributed by atoms with Crippen molar-refractivity contribution in [1.29, 1.82) is 0 Å². The molecule has 0 spiro atoms. The molecule has 2 rings (SSSR count). The van der Waals surface area contributed by atoms with E-state index < -0.39 is 34.1 Å². The van der Waals surface area contributed by atoms with E-state index in [-0.39, 0.29) is 16.3 Å². The molecule has 0 bridgehead atoms. The molecule has 0 saturated heterocycles. The normalized spacial score (nSPS) is 11.8. The van der Waals surface area contributed by atoms with Crippen molar-refractivity contribution in [2.45, 2.75) is 11.1 Å². The smallest absolute Gasteiger partial charge is 0.416 e. The van der Waals surface area contributed by atoms with Crippen LogP contribution < -0.4 is 10.1 Å². The first-order valence-corrected chi connectivity index (χ1v) is 8.85. The molecule has 134 valence electrons. The second kappa shape index (κ2) is 7.14. The number of hydrogen-bond acceptors (Lipinski definition) is 4. The number of hydrogen-bond donors (Lipinski definition) is 1. The summed E-state index contributed by atoms with van der Waals surface area (Å²) >= 11 is 0. The number of ether oxygens (including phenoxy) is 1. The fraction of sp³-hybridized carbons (Fsp3) is 0.188. The highest BCUT2D eigenvalue weighted by Crippen LogP contribution is 2.31. The highest BCUT2D eigenvalue weighted by molar-refractivity contribution is 7.90. The molecule has 2 aromatic rings. The van der Waals surface area contributed by atoms with E-state index in [0.717, 1.165) is 24.5 Å². The second-order valence-corrected chi connectivity index (χ2v) is 7.11. The van der Waals surface area contributed by atoms with Gasteiger partial charge in [0.05, 0.1) is 16.1 Å². The van der Waals surface area contributed by atoms with E-state index in [1.165, 1.54) is 30.3 Å². The van der Waals surface area contributed by atoms with Gasteiger partial charge in [0.1, 0.15) is 5.75 Å². The number of carbonyl (C=O) groups is 1. The largest absolute Gasteiger partial charge is 0.484 e. The van der Waals surface area contributed by atoms with Gasteiger partial charge in [0.25, 0.3) is 5.91 Å². The maximum atomic E-state index is 12.6. The van der Waals surface area contributed by atoms with Crippen molar-refractivity contribution in [3.8, 4) is 5.75 Å². The van der Waals surface area contributed by atoms with E-state index in [2.05, 4.69) is 5.32 Å². The SMILES string of the molecule is CS(=O)(=O)c1ccccc1NC(=O)COc1cccc(C(F)(F)F)c1. The number of halogens is 3. The van der Waals surface area contributed by atoms with E-state index >= 15 is 0 Å². The minimum Gasteiger partial charge on any atom is -0.484 e. The van der Waals surface area contributed by atoms with Crippen LogP contribution in [0.1, 0.15) is 5.56 Å². The molecule has 0 fully saturated rings. The van der Waals surface area contributed by atoms with Crippen LogP contribution in [-0.4, -0.2) is 27.2 Å². The van der Waals surface area contributed by atoms with Gasteiger partial charge in [-0.3, -0.25) is 4.79 Å². The third-order valence-electron chi connectivity index (χ3n) is 3.09. The van der Waals surface area contributed by atoms with Gasteiger partial charge in [0, 0.05) is 6.26 Å². The van der Waals surface area contributed by atoms with Crippen molar-refractivity contribution in [2.75, 3.05) is 18.2 Å². The number of anilines is 1. The van der Waals surface area contributed by atoms with Crippen molar-refractivity contribution in [1.82, 2.24) is 0 Å². The molecule has 0 heterocycles. The number of rotatable bonds is 5. The van der Waals surface area contributed by atoms with Crippen LogP contribution in [0.2, 0.25) is 0 Å². The Morgan fingerprint density at radius 3 is 2.44 bits per heavy atom. The number of nitrogens with one attached hydrogen (secondary N) is 1. The van der Waals surface area contributed by atoms with Crippen molar-refractivity contribution in [3.63, 3.8) is 0 Å². The highest BCUT2D eigenvalue weighted by Gasteiger charge is 2.30. The van der Waals surface area contributed by atoms with Crippen molar-refractivity contribution < 1.29 is 31.1 Å². The van der Waals surface area contributed by atoms with E-state index in [1.54, 1.807) is 0 Å². The van der Waals surface area contributed by atoms with Crippen LogP contribution in [0.3, 0.4) is 0 Å². The van der Waals surface area contributed by atoms with Crippen molar-refractivity contribution >= 4 is 21.4 Å². The Balaban J connectivity index is 2.06. The molecule has 0 atom stereocenters. The van der Waals surface area contributed by atoms with Gasteiger partial charge < -0.3 is 10.1 Å². The Morgan fingerprint density at radius 1 is 1.12 bits per heavy atom. The van der Waals surface area contributed by atoms with Crippen LogP contribution in [0.15, 0.2) is 53.4 Å². The van der Waals surface area contributed by atoms with Gasteiger partial charge in [-0.25, -0.2) is 8.42 Å². The molecule has 0 saturated carbocycles. The van der Waals surface area contributed by atoms with Gasteiger partial charge >= 0.3 is 6.18 Å². The summed E-state index contributed by atoms with van der Waals surface area (Å²) in [6.07, 6.45) is -3.52. The molecular formula is C16H14F3NO4S. The first-order chi connectivity index (χ1) is 11.6. The number of para-hydroxylation sites is 1. The molecule has 0 radical (unpaired) electrons. The molecule has 1 amide bonds. The molecule has 2 aromatic carbocycles. The number of alkyl halides is 3. The molecular weight excluding hydrogens is 359 g/mol. The van der Waals surface area contributed by atoms with Crippen molar-refractivity contribution in [3.05, 3.63) is 54.1 Å². The van der Waals surface area contributed by atoms with Gasteiger partial charge in [-0.15, -0.1) is 0 Å². The standard InChI is InChI=1S/C16H14F3NO4S/c1-25(22,23)14-8-3-2-7-13(14)20-15(21)10-24-12-6-4-5-11(9-12)16(17,18)19/h2-9H,10H2,1H3,(H,20,21). The summed E-state index contributed by atoms with van der Waals surface area (Å²) in [5.74, 6) is -0.824. The van der Waals surface area contributed by atoms with E-state index in [1.807, 2.05) is 0 Å². The maximum Gasteiger partial charge on any atom is 0.416 e. The maximum absolute atomic E-state index is 12.6. The molecule has 0 aliphatic heterocycles. The van der Waals surface area contributed by atoms with Gasteiger partial charge in [-0.2, -0.15) is 13.2 Å². The lowest BCUT2D eigenvalue weighted by Gasteiger charge is -2.12. The van der Waals surface area contributed by atoms with E-state index in [0.29, 0.717) is 0 Å². The van der Waals surface area contributed by atoms with Crippen LogP contribution in [0.5, 0.6) is 5.75 Å². The lowest BCUT2D eigenvalue weighted by atomic mass is 10.2. The average Bonchev–Trinajstić information content (AvgIpc) is 2.52. The second-order valence-electron chi connectivity index (χ2n) is 5.13. The quantitative estimate of drug-likeness (QED) is 0.874. The van der Waals surface area contributed by atoms with E-state index in [9.17, 15) is 26.4 Å². The predicted molar refractivity (Wildman–Crippen MR) is 85.1 cm³/mol. The minimum atomic E-state index is -4.52. The molecule has 25 heavy (non-hydrogen) atoms. The van der Waals surface area contributed by atoms with Crippen molar-refractivity contribution in [2.24, 2.45) is 0 Å². The molecule has 1 N–H and O–H groups in total. The molecule has 5 nitrogen and oxygen atoms in total. The summed E-state index contributed by atoms with van der Waals surface area (Å²) < 4.78 is 66.2. The first kappa shape index (κ1) is 18.8. The van der Waals surface area contributed by atoms with E-state index in [4.69, 9.17) is 4.74 Å². The Labute approximate surface area is 142 Å². The summed E-state index contributed by atoms with van der Waals surface area (Å²) in [5, 5.41) is 2.37. The Hall–Kier alpha value is -2.55. The molecule has 0 aliphatic rings. The summed E-state index contributed by atoms with van der Waals surface area (Å²) in [6, 6.07) is 9.88. The average molecular weight is 373 g/mol. The Morgan fingerprint density at radius 2 is 1.80 bits per heavy atom. The zero-order valence-electron chi connectivity index (χ0n) is 13.0. The van der Waals surface area contributed by atoms with Gasteiger partial charge in [0.2, 0.25) is 0 Å². The molecule has 9 heteroatoms. The van der Waals surface area contributed by atoms with Gasteiger partial charge in [-0.05, 0) is 30.3 Å². The highest BCUT2D eigenvalue weighted by atomic mass is 32.2. The van der Waals surface area contributed by atoms with Crippen LogP contribution in [0.4, 0.5) is 18.9 Å². The summed E-state index contributed by atoms with van der Waals surface area (Å²) in [7, 11) is -3.55. The first-order valence-electron chi connectivity index (χ1n) is 6.96. The minimum absolute atomic E-state index is 0.0672. The van der Waals surface area contributed by atoms with Crippen LogP contribution >= 0.6 is 0 Å². The Kier molecular flexibility index (Phi) is 5.36. The molecule has 0 aromatic heterocycles. The Bertz CT molecular complexity index is 879. The number of sulfone groups is 1. The van der Waals surface area contributed by atoms with Gasteiger partial charge in [-0.1, -0.05) is 18.2 Å². The fourth-order valence-electron chi connectivity index (χ4n) is 1.99. The topological polar surface area (TPSA) is 72.5 Å². The molecule has 0 aliphatic carbocycles. The lowest BCUT2D eigenvalue weighted by Crippen LogP contribution is -2.21. The van der Waals surface area contributed by atoms with Crippen LogP contribution in [0, 0.1) is 0 Å². The summed E-state index contributed by atoms with van der Waals surface area (Å²) in [5.41, 5.74) is -0.824. The zero-order chi connectivity index (χ0) is 18.7. The zero-order valence-corrected chi connectivity index (χ0v) is 13.8. The molecule has 0 unspecified atom stereocenters. The third-order valence-corrected chi connectivity index (χ3v) is 4.25. The monoisotopic (exact) mass is 373 g/mol. The lowest BCUT2D eigenvalue weighted by molar-refractivity contribution is -0.137.